The molecule has 1 fully saturated rings. The van der Waals surface area contributed by atoms with Crippen LogP contribution >= 0.6 is 35.7 Å². The van der Waals surface area contributed by atoms with Crippen molar-refractivity contribution in [1.29, 1.82) is 0 Å². The molecule has 1 aromatic rings. The van der Waals surface area contributed by atoms with Crippen LogP contribution in [0, 0.1) is 4.77 Å². The van der Waals surface area contributed by atoms with Crippen molar-refractivity contribution in [1.82, 2.24) is 9.55 Å². The van der Waals surface area contributed by atoms with Crippen LogP contribution in [-0.2, 0) is 31.6 Å². The van der Waals surface area contributed by atoms with Gasteiger partial charge in [-0.25, -0.2) is 23.1 Å². The normalized spacial score (nSPS) is 29.3. The Hall–Kier alpha value is -0.600. The lowest BCUT2D eigenvalue weighted by atomic mass is 10.0. The maximum absolute atomic E-state index is 14.9. The minimum atomic E-state index is -5.65. The van der Waals surface area contributed by atoms with E-state index in [1.54, 1.807) is 0 Å². The summed E-state index contributed by atoms with van der Waals surface area (Å²) in [7, 11) is -16.5. The van der Waals surface area contributed by atoms with Gasteiger partial charge in [0.1, 0.15) is 5.82 Å². The smallest absolute Gasteiger partial charge is 0.384 e. The van der Waals surface area contributed by atoms with Crippen LogP contribution in [0.3, 0.4) is 0 Å². The van der Waals surface area contributed by atoms with Crippen LogP contribution in [0.15, 0.2) is 12.3 Å². The Kier molecular flexibility index (Phi) is 7.23. The summed E-state index contributed by atoms with van der Waals surface area (Å²) in [5.41, 5.74) is 3.47. The summed E-state index contributed by atoms with van der Waals surface area (Å²) in [4.78, 5) is 39.3. The molecule has 6 N–H and O–H groups in total. The highest BCUT2D eigenvalue weighted by molar-refractivity contribution is 7.71. The third-order valence-corrected chi connectivity index (χ3v) is 7.51. The number of hydrogen-bond acceptors (Lipinski definition) is 10. The van der Waals surface area contributed by atoms with Gasteiger partial charge in [0.2, 0.25) is 4.77 Å². The van der Waals surface area contributed by atoms with E-state index in [0.717, 1.165) is 0 Å². The lowest BCUT2D eigenvalue weighted by molar-refractivity contribution is -0.0593. The van der Waals surface area contributed by atoms with Crippen LogP contribution in [-0.4, -0.2) is 47.5 Å². The molecule has 2 rings (SSSR count). The predicted molar refractivity (Wildman–Crippen MR) is 95.3 cm³/mol. The fourth-order valence-electron chi connectivity index (χ4n) is 2.46. The maximum atomic E-state index is 14.9. The molecule has 2 unspecified atom stereocenters. The number of alkyl halides is 1. The fourth-order valence-corrected chi connectivity index (χ4v) is 5.77. The van der Waals surface area contributed by atoms with Gasteiger partial charge in [-0.05, 0) is 25.2 Å². The molecular formula is C10H17FN3O11P3S. The Morgan fingerprint density at radius 1 is 1.34 bits per heavy atom. The maximum Gasteiger partial charge on any atom is 0.490 e. The van der Waals surface area contributed by atoms with E-state index >= 15 is 0 Å². The molecule has 5 atom stereocenters. The van der Waals surface area contributed by atoms with Crippen LogP contribution in [0.5, 0.6) is 0 Å². The van der Waals surface area contributed by atoms with Crippen molar-refractivity contribution in [2.24, 2.45) is 0 Å². The van der Waals surface area contributed by atoms with Gasteiger partial charge in [-0.3, -0.25) is 9.09 Å². The molecule has 19 heteroatoms. The van der Waals surface area contributed by atoms with Gasteiger partial charge >= 0.3 is 23.5 Å². The number of ether oxygens (including phenoxy) is 1. The molecule has 0 saturated carbocycles. The van der Waals surface area contributed by atoms with E-state index in [-0.39, 0.29) is 17.0 Å². The van der Waals surface area contributed by atoms with Gasteiger partial charge in [-0.2, -0.15) is 8.62 Å². The largest absolute Gasteiger partial charge is 0.490 e. The second-order valence-electron chi connectivity index (χ2n) is 6.02. The molecule has 1 saturated heterocycles. The predicted octanol–water partition coefficient (Wildman–Crippen LogP) is 1.55. The first-order chi connectivity index (χ1) is 13.0. The van der Waals surface area contributed by atoms with Gasteiger partial charge in [0.25, 0.3) is 0 Å². The van der Waals surface area contributed by atoms with E-state index in [2.05, 4.69) is 18.1 Å². The molecule has 0 bridgehead atoms. The Labute approximate surface area is 167 Å². The molecule has 0 aromatic carbocycles. The number of phosphoric acid groups is 3. The first-order valence-electron chi connectivity index (χ1n) is 7.47. The molecule has 1 aliphatic rings. The van der Waals surface area contributed by atoms with Gasteiger partial charge in [-0.15, -0.1) is 0 Å². The third-order valence-electron chi connectivity index (χ3n) is 3.41. The molecule has 14 nitrogen and oxygen atoms in total. The van der Waals surface area contributed by atoms with Crippen LogP contribution in [0.1, 0.15) is 19.6 Å². The summed E-state index contributed by atoms with van der Waals surface area (Å²) in [6.07, 6.45) is -1.39. The molecule has 1 aliphatic heterocycles. The van der Waals surface area contributed by atoms with E-state index in [4.69, 9.17) is 37.4 Å². The zero-order valence-electron chi connectivity index (χ0n) is 14.5. The lowest BCUT2D eigenvalue weighted by Gasteiger charge is -2.23. The number of halogens is 1. The van der Waals surface area contributed by atoms with Crippen LogP contribution in [0.25, 0.3) is 0 Å². The summed E-state index contributed by atoms with van der Waals surface area (Å²) >= 11 is 5.00. The van der Waals surface area contributed by atoms with Crippen LogP contribution < -0.4 is 5.73 Å². The van der Waals surface area contributed by atoms with Crippen molar-refractivity contribution in [2.45, 2.75) is 31.3 Å². The number of hydrogen-bond donors (Lipinski definition) is 5. The summed E-state index contributed by atoms with van der Waals surface area (Å²) in [6.45, 7) is 0.399. The standard InChI is InChI=1S/C10H17FN3O11P3S/c1-10(11)4-6(23-8(10)14-3-2-7(12)13-9(14)29)5-22-27(18,19)25-28(20,21)24-26(15,16)17/h2-3,6,8H,4-5H2,1H3,(H,18,19)(H,20,21)(H2,12,13,29)(H2,15,16,17)/t6-,8+,10+/m0/s1. The summed E-state index contributed by atoms with van der Waals surface area (Å²) in [5.74, 6) is 0.106. The topological polar surface area (TPSA) is 213 Å². The fraction of sp³-hybridized carbons (Fsp3) is 0.600. The van der Waals surface area contributed by atoms with E-state index in [9.17, 15) is 23.0 Å². The third kappa shape index (κ3) is 7.24. The number of phosphoric ester groups is 1. The Balaban J connectivity index is 2.04. The molecule has 1 aromatic heterocycles. The second-order valence-corrected chi connectivity index (χ2v) is 10.8. The van der Waals surface area contributed by atoms with E-state index < -0.39 is 48.1 Å². The van der Waals surface area contributed by atoms with E-state index in [1.807, 2.05) is 0 Å². The van der Waals surface area contributed by atoms with E-state index in [0.29, 0.717) is 0 Å². The minimum Gasteiger partial charge on any atom is -0.384 e. The highest BCUT2D eigenvalue weighted by atomic mass is 32.1. The number of nitrogens with zero attached hydrogens (tertiary/aromatic N) is 2. The number of nitrogens with two attached hydrogens (primary N) is 1. The molecule has 0 aliphatic carbocycles. The number of rotatable bonds is 8. The molecule has 166 valence electrons. The summed E-state index contributed by atoms with van der Waals surface area (Å²) < 4.78 is 66.6. The van der Waals surface area contributed by atoms with Crippen molar-refractivity contribution in [3.63, 3.8) is 0 Å². The van der Waals surface area contributed by atoms with Gasteiger partial charge in [0.15, 0.2) is 11.9 Å². The van der Waals surface area contributed by atoms with Gasteiger partial charge in [0, 0.05) is 12.6 Å². The van der Waals surface area contributed by atoms with Gasteiger partial charge in [-0.1, -0.05) is 0 Å². The first-order valence-corrected chi connectivity index (χ1v) is 12.4. The molecule has 2 heterocycles. The monoisotopic (exact) mass is 499 g/mol. The average molecular weight is 499 g/mol. The number of anilines is 1. The molecule has 0 radical (unpaired) electrons. The van der Waals surface area contributed by atoms with Crippen LogP contribution in [0.4, 0.5) is 10.2 Å². The molecule has 0 spiro atoms. The molecule has 29 heavy (non-hydrogen) atoms. The van der Waals surface area contributed by atoms with Gasteiger partial charge < -0.3 is 30.0 Å². The lowest BCUT2D eigenvalue weighted by Crippen LogP contribution is -2.28. The van der Waals surface area contributed by atoms with Crippen molar-refractivity contribution in [2.75, 3.05) is 12.3 Å². The molecule has 0 amide bonds. The second kappa shape index (κ2) is 8.50. The van der Waals surface area contributed by atoms with Crippen LogP contribution in [0.2, 0.25) is 0 Å². The Morgan fingerprint density at radius 3 is 2.52 bits per heavy atom. The SMILES string of the molecule is C[C@@]1(F)C[C@@H](COP(=O)(O)OP(=O)(O)OP(=O)(O)O)O[C@H]1n1ccc(N)nc1=S. The van der Waals surface area contributed by atoms with Crippen molar-refractivity contribution < 1.29 is 55.5 Å². The Bertz CT molecular complexity index is 968. The summed E-state index contributed by atoms with van der Waals surface area (Å²) in [6, 6.07) is 1.36. The number of aromatic nitrogens is 2. The highest BCUT2D eigenvalue weighted by Crippen LogP contribution is 2.66. The minimum absolute atomic E-state index is 0.0765. The average Bonchev–Trinajstić information content (AvgIpc) is 2.76. The van der Waals surface area contributed by atoms with Crippen molar-refractivity contribution >= 4 is 41.5 Å². The zero-order valence-corrected chi connectivity index (χ0v) is 18.0. The van der Waals surface area contributed by atoms with E-state index in [1.165, 1.54) is 23.8 Å². The van der Waals surface area contributed by atoms with Crippen molar-refractivity contribution in [3.8, 4) is 0 Å². The van der Waals surface area contributed by atoms with Gasteiger partial charge in [0.05, 0.1) is 12.7 Å². The quantitative estimate of drug-likeness (QED) is 0.254. The van der Waals surface area contributed by atoms with Crippen molar-refractivity contribution in [3.05, 3.63) is 17.0 Å². The number of nitrogen functional groups attached to an aromatic ring is 1. The Morgan fingerprint density at radius 2 is 1.97 bits per heavy atom. The molecular weight excluding hydrogens is 482 g/mol. The zero-order chi connectivity index (χ0) is 22.3. The summed E-state index contributed by atoms with van der Waals surface area (Å²) in [5, 5.41) is 0. The highest BCUT2D eigenvalue weighted by Gasteiger charge is 2.48. The first kappa shape index (κ1) is 24.7.